The van der Waals surface area contributed by atoms with Crippen molar-refractivity contribution in [2.24, 2.45) is 5.92 Å². The van der Waals surface area contributed by atoms with E-state index in [1.807, 2.05) is 12.3 Å². The number of pyridine rings is 1. The van der Waals surface area contributed by atoms with Crippen LogP contribution in [0.4, 0.5) is 0 Å². The molecule has 2 aromatic heterocycles. The number of ether oxygens (including phenoxy) is 1. The SMILES string of the molecule is COCCNCc1cn(CC2CCCC2)c2ncccc12. The van der Waals surface area contributed by atoms with E-state index in [-0.39, 0.29) is 0 Å². The van der Waals surface area contributed by atoms with E-state index in [0.29, 0.717) is 0 Å². The Balaban J connectivity index is 1.76. The van der Waals surface area contributed by atoms with Gasteiger partial charge in [-0.15, -0.1) is 0 Å². The van der Waals surface area contributed by atoms with Crippen molar-refractivity contribution in [3.8, 4) is 0 Å². The van der Waals surface area contributed by atoms with Crippen LogP contribution in [-0.2, 0) is 17.8 Å². The first kappa shape index (κ1) is 14.5. The Morgan fingerprint density at radius 2 is 2.24 bits per heavy atom. The van der Waals surface area contributed by atoms with Crippen molar-refractivity contribution in [2.45, 2.75) is 38.8 Å². The molecule has 0 bridgehead atoms. The fraction of sp³-hybridized carbons (Fsp3) is 0.588. The number of hydrogen-bond acceptors (Lipinski definition) is 3. The van der Waals surface area contributed by atoms with Gasteiger partial charge in [0.2, 0.25) is 0 Å². The Bertz CT molecular complexity index is 572. The highest BCUT2D eigenvalue weighted by atomic mass is 16.5. The average Bonchev–Trinajstić information content (AvgIpc) is 3.13. The van der Waals surface area contributed by atoms with Gasteiger partial charge in [0.05, 0.1) is 6.61 Å². The number of rotatable bonds is 7. The molecule has 114 valence electrons. The molecular weight excluding hydrogens is 262 g/mol. The molecule has 0 atom stereocenters. The summed E-state index contributed by atoms with van der Waals surface area (Å²) in [4.78, 5) is 4.60. The molecule has 0 aliphatic heterocycles. The van der Waals surface area contributed by atoms with E-state index in [1.165, 1.54) is 36.6 Å². The lowest BCUT2D eigenvalue weighted by Crippen LogP contribution is -2.18. The van der Waals surface area contributed by atoms with Gasteiger partial charge in [-0.05, 0) is 36.5 Å². The first-order valence-electron chi connectivity index (χ1n) is 8.01. The van der Waals surface area contributed by atoms with Crippen molar-refractivity contribution in [3.05, 3.63) is 30.1 Å². The van der Waals surface area contributed by atoms with Gasteiger partial charge in [0.15, 0.2) is 0 Å². The molecule has 4 nitrogen and oxygen atoms in total. The number of methoxy groups -OCH3 is 1. The van der Waals surface area contributed by atoms with E-state index in [9.17, 15) is 0 Å². The molecule has 1 N–H and O–H groups in total. The van der Waals surface area contributed by atoms with Gasteiger partial charge in [-0.25, -0.2) is 4.98 Å². The highest BCUT2D eigenvalue weighted by Gasteiger charge is 2.17. The molecule has 1 aliphatic carbocycles. The molecule has 21 heavy (non-hydrogen) atoms. The fourth-order valence-electron chi connectivity index (χ4n) is 3.34. The van der Waals surface area contributed by atoms with Crippen LogP contribution in [0, 0.1) is 5.92 Å². The minimum absolute atomic E-state index is 0.749. The fourth-order valence-corrected chi connectivity index (χ4v) is 3.34. The topological polar surface area (TPSA) is 39.1 Å². The van der Waals surface area contributed by atoms with E-state index < -0.39 is 0 Å². The predicted octanol–water partition coefficient (Wildman–Crippen LogP) is 2.96. The van der Waals surface area contributed by atoms with Crippen LogP contribution in [0.2, 0.25) is 0 Å². The zero-order chi connectivity index (χ0) is 14.5. The summed E-state index contributed by atoms with van der Waals surface area (Å²) >= 11 is 0. The zero-order valence-electron chi connectivity index (χ0n) is 12.8. The van der Waals surface area contributed by atoms with E-state index in [1.54, 1.807) is 7.11 Å². The van der Waals surface area contributed by atoms with Gasteiger partial charge in [-0.2, -0.15) is 0 Å². The summed E-state index contributed by atoms with van der Waals surface area (Å²) in [7, 11) is 1.74. The zero-order valence-corrected chi connectivity index (χ0v) is 12.8. The lowest BCUT2D eigenvalue weighted by atomic mass is 10.1. The third kappa shape index (κ3) is 3.44. The second-order valence-electron chi connectivity index (χ2n) is 6.00. The van der Waals surface area contributed by atoms with Gasteiger partial charge in [0, 0.05) is 44.5 Å². The van der Waals surface area contributed by atoms with Gasteiger partial charge in [0.1, 0.15) is 5.65 Å². The summed E-state index contributed by atoms with van der Waals surface area (Å²) < 4.78 is 7.44. The summed E-state index contributed by atoms with van der Waals surface area (Å²) in [6.45, 7) is 3.62. The minimum atomic E-state index is 0.749. The molecule has 0 aromatic carbocycles. The normalized spacial score (nSPS) is 16.0. The number of nitrogens with one attached hydrogen (secondary N) is 1. The van der Waals surface area contributed by atoms with E-state index in [4.69, 9.17) is 4.74 Å². The second-order valence-corrected chi connectivity index (χ2v) is 6.00. The Morgan fingerprint density at radius 1 is 1.38 bits per heavy atom. The van der Waals surface area contributed by atoms with Crippen molar-refractivity contribution in [3.63, 3.8) is 0 Å². The Hall–Kier alpha value is -1.39. The van der Waals surface area contributed by atoms with Crippen LogP contribution in [-0.4, -0.2) is 29.8 Å². The molecule has 0 saturated heterocycles. The predicted molar refractivity (Wildman–Crippen MR) is 85.3 cm³/mol. The van der Waals surface area contributed by atoms with Crippen LogP contribution >= 0.6 is 0 Å². The molecule has 1 fully saturated rings. The highest BCUT2D eigenvalue weighted by molar-refractivity contribution is 5.80. The first-order valence-corrected chi connectivity index (χ1v) is 8.01. The first-order chi connectivity index (χ1) is 10.4. The van der Waals surface area contributed by atoms with Crippen LogP contribution < -0.4 is 5.32 Å². The van der Waals surface area contributed by atoms with Crippen molar-refractivity contribution >= 4 is 11.0 Å². The number of fused-ring (bicyclic) bond motifs is 1. The molecule has 1 saturated carbocycles. The highest BCUT2D eigenvalue weighted by Crippen LogP contribution is 2.28. The molecule has 3 rings (SSSR count). The van der Waals surface area contributed by atoms with E-state index in [0.717, 1.165) is 37.8 Å². The van der Waals surface area contributed by atoms with Crippen LogP contribution in [0.15, 0.2) is 24.5 Å². The van der Waals surface area contributed by atoms with Gasteiger partial charge >= 0.3 is 0 Å². The number of hydrogen-bond donors (Lipinski definition) is 1. The third-order valence-electron chi connectivity index (χ3n) is 4.44. The summed E-state index contributed by atoms with van der Waals surface area (Å²) in [5.41, 5.74) is 2.47. The summed E-state index contributed by atoms with van der Waals surface area (Å²) in [5.74, 6) is 0.830. The molecule has 0 spiro atoms. The Morgan fingerprint density at radius 3 is 3.05 bits per heavy atom. The third-order valence-corrected chi connectivity index (χ3v) is 4.44. The van der Waals surface area contributed by atoms with Gasteiger partial charge in [-0.1, -0.05) is 12.8 Å². The van der Waals surface area contributed by atoms with E-state index >= 15 is 0 Å². The maximum Gasteiger partial charge on any atom is 0.140 e. The van der Waals surface area contributed by atoms with Crippen LogP contribution in [0.5, 0.6) is 0 Å². The summed E-state index contributed by atoms with van der Waals surface area (Å²) in [5, 5.41) is 4.71. The smallest absolute Gasteiger partial charge is 0.140 e. The molecule has 2 heterocycles. The molecular formula is C17H25N3O. The quantitative estimate of drug-likeness (QED) is 0.796. The molecule has 1 aliphatic rings. The summed E-state index contributed by atoms with van der Waals surface area (Å²) in [6, 6.07) is 4.21. The largest absolute Gasteiger partial charge is 0.383 e. The van der Waals surface area contributed by atoms with Crippen LogP contribution in [0.25, 0.3) is 11.0 Å². The average molecular weight is 287 g/mol. The van der Waals surface area contributed by atoms with Gasteiger partial charge in [-0.3, -0.25) is 0 Å². The van der Waals surface area contributed by atoms with Crippen molar-refractivity contribution in [1.29, 1.82) is 0 Å². The minimum Gasteiger partial charge on any atom is -0.383 e. The lowest BCUT2D eigenvalue weighted by Gasteiger charge is -2.10. The van der Waals surface area contributed by atoms with Crippen LogP contribution in [0.1, 0.15) is 31.2 Å². The van der Waals surface area contributed by atoms with Crippen molar-refractivity contribution in [2.75, 3.05) is 20.3 Å². The lowest BCUT2D eigenvalue weighted by molar-refractivity contribution is 0.199. The Labute approximate surface area is 126 Å². The standard InChI is InChI=1S/C17H25N3O/c1-21-10-9-18-11-15-13-20(12-14-5-2-3-6-14)17-16(15)7-4-8-19-17/h4,7-8,13-14,18H,2-3,5-6,9-12H2,1H3. The molecule has 4 heteroatoms. The maximum absolute atomic E-state index is 5.08. The van der Waals surface area contributed by atoms with Crippen LogP contribution in [0.3, 0.4) is 0 Å². The monoisotopic (exact) mass is 287 g/mol. The molecule has 0 radical (unpaired) electrons. The molecule has 0 unspecified atom stereocenters. The van der Waals surface area contributed by atoms with E-state index in [2.05, 4.69) is 27.1 Å². The second kappa shape index (κ2) is 7.05. The molecule has 0 amide bonds. The van der Waals surface area contributed by atoms with Crippen molar-refractivity contribution < 1.29 is 4.74 Å². The van der Waals surface area contributed by atoms with Gasteiger partial charge < -0.3 is 14.6 Å². The summed E-state index contributed by atoms with van der Waals surface area (Å²) in [6.07, 6.45) is 9.71. The maximum atomic E-state index is 5.08. The molecule has 2 aromatic rings. The number of aromatic nitrogens is 2. The van der Waals surface area contributed by atoms with Gasteiger partial charge in [0.25, 0.3) is 0 Å². The number of nitrogens with zero attached hydrogens (tertiary/aromatic N) is 2. The van der Waals surface area contributed by atoms with Crippen molar-refractivity contribution in [1.82, 2.24) is 14.9 Å². The Kier molecular flexibility index (Phi) is 4.88.